The number of carbonyl (C=O) groups excluding carboxylic acids is 1. The fourth-order valence-corrected chi connectivity index (χ4v) is 2.78. The molecule has 0 saturated heterocycles. The standard InChI is InChI=1S/C19H16O5/c20-15-5-11(6-16(21)9-15)3-13-1-2-14(19(13)24)4-12-7-17(22)10-18(23)8-12/h3-10,20-23H,1-2H2/b13-3+,14-4+. The van der Waals surface area contributed by atoms with E-state index in [1.165, 1.54) is 36.4 Å². The Balaban J connectivity index is 1.89. The number of phenols is 4. The van der Waals surface area contributed by atoms with E-state index >= 15 is 0 Å². The molecule has 0 bridgehead atoms. The number of ketones is 1. The number of carbonyl (C=O) groups is 1. The number of benzene rings is 2. The molecule has 2 aromatic rings. The second-order valence-electron chi connectivity index (χ2n) is 5.73. The molecule has 1 fully saturated rings. The smallest absolute Gasteiger partial charge is 0.185 e. The Morgan fingerprint density at radius 3 is 1.29 bits per heavy atom. The van der Waals surface area contributed by atoms with Crippen molar-refractivity contribution in [3.05, 3.63) is 58.7 Å². The van der Waals surface area contributed by atoms with Gasteiger partial charge in [0.1, 0.15) is 23.0 Å². The molecule has 0 aliphatic heterocycles. The highest BCUT2D eigenvalue weighted by molar-refractivity contribution is 6.15. The molecule has 2 aromatic carbocycles. The molecule has 0 amide bonds. The fourth-order valence-electron chi connectivity index (χ4n) is 2.78. The summed E-state index contributed by atoms with van der Waals surface area (Å²) in [5.74, 6) is -0.408. The SMILES string of the molecule is O=C1/C(=C/c2cc(O)cc(O)c2)CC/C1=C\c1cc(O)cc(O)c1. The lowest BCUT2D eigenvalue weighted by atomic mass is 10.1. The van der Waals surface area contributed by atoms with Crippen LogP contribution in [0.1, 0.15) is 24.0 Å². The van der Waals surface area contributed by atoms with Crippen LogP contribution in [0.15, 0.2) is 47.5 Å². The van der Waals surface area contributed by atoms with E-state index in [4.69, 9.17) is 0 Å². The Labute approximate surface area is 138 Å². The maximum absolute atomic E-state index is 12.5. The van der Waals surface area contributed by atoms with Gasteiger partial charge in [-0.25, -0.2) is 0 Å². The van der Waals surface area contributed by atoms with Crippen LogP contribution >= 0.6 is 0 Å². The van der Waals surface area contributed by atoms with E-state index < -0.39 is 0 Å². The highest BCUT2D eigenvalue weighted by Crippen LogP contribution is 2.32. The van der Waals surface area contributed by atoms with Gasteiger partial charge >= 0.3 is 0 Å². The van der Waals surface area contributed by atoms with E-state index in [-0.39, 0.29) is 28.8 Å². The summed E-state index contributed by atoms with van der Waals surface area (Å²) in [5, 5.41) is 38.0. The summed E-state index contributed by atoms with van der Waals surface area (Å²) in [6.45, 7) is 0. The Hall–Kier alpha value is -3.21. The first kappa shape index (κ1) is 15.7. The molecule has 1 aliphatic carbocycles. The molecule has 4 N–H and O–H groups in total. The van der Waals surface area contributed by atoms with Crippen LogP contribution in [-0.4, -0.2) is 26.2 Å². The average Bonchev–Trinajstić information content (AvgIpc) is 2.78. The van der Waals surface area contributed by atoms with E-state index in [0.717, 1.165) is 0 Å². The lowest BCUT2D eigenvalue weighted by Crippen LogP contribution is -1.95. The van der Waals surface area contributed by atoms with Crippen molar-refractivity contribution in [2.75, 3.05) is 0 Å². The predicted octanol–water partition coefficient (Wildman–Crippen LogP) is 3.34. The Kier molecular flexibility index (Phi) is 4.00. The molecule has 0 unspecified atom stereocenters. The highest BCUT2D eigenvalue weighted by Gasteiger charge is 2.23. The first-order valence-corrected chi connectivity index (χ1v) is 7.42. The normalized spacial score (nSPS) is 17.8. The van der Waals surface area contributed by atoms with Gasteiger partial charge in [0, 0.05) is 23.3 Å². The number of rotatable bonds is 2. The van der Waals surface area contributed by atoms with Gasteiger partial charge in [-0.1, -0.05) is 0 Å². The molecule has 0 atom stereocenters. The summed E-state index contributed by atoms with van der Waals surface area (Å²) in [7, 11) is 0. The van der Waals surface area contributed by atoms with E-state index in [1.807, 2.05) is 0 Å². The van der Waals surface area contributed by atoms with Gasteiger partial charge in [-0.15, -0.1) is 0 Å². The Morgan fingerprint density at radius 1 is 0.625 bits per heavy atom. The van der Waals surface area contributed by atoms with Crippen LogP contribution in [0.4, 0.5) is 0 Å². The maximum Gasteiger partial charge on any atom is 0.185 e. The summed E-state index contributed by atoms with van der Waals surface area (Å²) in [6.07, 6.45) is 4.38. The van der Waals surface area contributed by atoms with Crippen LogP contribution in [0.2, 0.25) is 0 Å². The first-order chi connectivity index (χ1) is 11.4. The summed E-state index contributed by atoms with van der Waals surface area (Å²) >= 11 is 0. The van der Waals surface area contributed by atoms with E-state index in [2.05, 4.69) is 0 Å². The van der Waals surface area contributed by atoms with Gasteiger partial charge < -0.3 is 20.4 Å². The highest BCUT2D eigenvalue weighted by atomic mass is 16.3. The molecule has 24 heavy (non-hydrogen) atoms. The second kappa shape index (κ2) is 6.12. The van der Waals surface area contributed by atoms with Crippen molar-refractivity contribution in [2.45, 2.75) is 12.8 Å². The molecule has 0 radical (unpaired) electrons. The zero-order valence-corrected chi connectivity index (χ0v) is 12.7. The second-order valence-corrected chi connectivity index (χ2v) is 5.73. The summed E-state index contributed by atoms with van der Waals surface area (Å²) in [5.41, 5.74) is 2.26. The lowest BCUT2D eigenvalue weighted by molar-refractivity contribution is -0.111. The van der Waals surface area contributed by atoms with Crippen molar-refractivity contribution in [1.82, 2.24) is 0 Å². The maximum atomic E-state index is 12.5. The molecule has 0 spiro atoms. The van der Waals surface area contributed by atoms with Gasteiger partial charge in [-0.2, -0.15) is 0 Å². The van der Waals surface area contributed by atoms with E-state index in [1.54, 1.807) is 12.2 Å². The lowest BCUT2D eigenvalue weighted by Gasteiger charge is -2.01. The van der Waals surface area contributed by atoms with E-state index in [0.29, 0.717) is 35.1 Å². The number of hydrogen-bond donors (Lipinski definition) is 4. The topological polar surface area (TPSA) is 98.0 Å². The third kappa shape index (κ3) is 3.41. The average molecular weight is 324 g/mol. The zero-order valence-electron chi connectivity index (χ0n) is 12.7. The van der Waals surface area contributed by atoms with Crippen molar-refractivity contribution in [2.24, 2.45) is 0 Å². The molecule has 3 rings (SSSR count). The molecule has 5 nitrogen and oxygen atoms in total. The molecular weight excluding hydrogens is 308 g/mol. The molecule has 1 aliphatic rings. The summed E-state index contributed by atoms with van der Waals surface area (Å²) in [4.78, 5) is 12.5. The van der Waals surface area contributed by atoms with Gasteiger partial charge in [-0.3, -0.25) is 4.79 Å². The summed E-state index contributed by atoms with van der Waals surface area (Å²) in [6, 6.07) is 8.31. The van der Waals surface area contributed by atoms with Crippen molar-refractivity contribution < 1.29 is 25.2 Å². The van der Waals surface area contributed by atoms with Crippen molar-refractivity contribution in [3.8, 4) is 23.0 Å². The monoisotopic (exact) mass is 324 g/mol. The number of hydrogen-bond acceptors (Lipinski definition) is 5. The van der Waals surface area contributed by atoms with E-state index in [9.17, 15) is 25.2 Å². The van der Waals surface area contributed by atoms with Gasteiger partial charge in [0.25, 0.3) is 0 Å². The fraction of sp³-hybridized carbons (Fsp3) is 0.105. The molecule has 1 saturated carbocycles. The van der Waals surface area contributed by atoms with Crippen molar-refractivity contribution in [3.63, 3.8) is 0 Å². The molecule has 5 heteroatoms. The predicted molar refractivity (Wildman–Crippen MR) is 89.7 cm³/mol. The van der Waals surface area contributed by atoms with Gasteiger partial charge in [0.05, 0.1) is 0 Å². The first-order valence-electron chi connectivity index (χ1n) is 7.42. The molecule has 122 valence electrons. The zero-order chi connectivity index (χ0) is 17.3. The van der Waals surface area contributed by atoms with Gasteiger partial charge in [0.2, 0.25) is 0 Å². The third-order valence-electron chi connectivity index (χ3n) is 3.78. The largest absolute Gasteiger partial charge is 0.508 e. The van der Waals surface area contributed by atoms with Crippen LogP contribution in [0.3, 0.4) is 0 Å². The number of Topliss-reactive ketones (excluding diaryl/α,β-unsaturated/α-hetero) is 1. The van der Waals surface area contributed by atoms with Crippen LogP contribution in [0, 0.1) is 0 Å². The van der Waals surface area contributed by atoms with Gasteiger partial charge in [-0.05, 0) is 60.4 Å². The van der Waals surface area contributed by atoms with Crippen LogP contribution < -0.4 is 0 Å². The molecular formula is C19H16O5. The van der Waals surface area contributed by atoms with Crippen LogP contribution in [-0.2, 0) is 4.79 Å². The minimum Gasteiger partial charge on any atom is -0.508 e. The third-order valence-corrected chi connectivity index (χ3v) is 3.78. The minimum absolute atomic E-state index is 0.0710. The number of aromatic hydroxyl groups is 4. The molecule has 0 aromatic heterocycles. The number of phenolic OH excluding ortho intramolecular Hbond substituents is 4. The Morgan fingerprint density at radius 2 is 0.958 bits per heavy atom. The quantitative estimate of drug-likeness (QED) is 0.635. The molecule has 0 heterocycles. The van der Waals surface area contributed by atoms with Crippen molar-refractivity contribution >= 4 is 17.9 Å². The Bertz CT molecular complexity index is 765. The van der Waals surface area contributed by atoms with Crippen LogP contribution in [0.25, 0.3) is 12.2 Å². The minimum atomic E-state index is -0.124. The van der Waals surface area contributed by atoms with Crippen LogP contribution in [0.5, 0.6) is 23.0 Å². The summed E-state index contributed by atoms with van der Waals surface area (Å²) < 4.78 is 0. The van der Waals surface area contributed by atoms with Gasteiger partial charge in [0.15, 0.2) is 5.78 Å². The number of allylic oxidation sites excluding steroid dienone is 2. The van der Waals surface area contributed by atoms with Crippen molar-refractivity contribution in [1.29, 1.82) is 0 Å².